The second-order valence-corrected chi connectivity index (χ2v) is 5.14. The lowest BCUT2D eigenvalue weighted by molar-refractivity contribution is 0.378. The van der Waals surface area contributed by atoms with Gasteiger partial charge in [-0.3, -0.25) is 0 Å². The lowest BCUT2D eigenvalue weighted by Gasteiger charge is -2.34. The van der Waals surface area contributed by atoms with Crippen molar-refractivity contribution in [3.05, 3.63) is 11.6 Å². The van der Waals surface area contributed by atoms with Crippen LogP contribution in [0.5, 0.6) is 6.01 Å². The Morgan fingerprint density at radius 3 is 2.55 bits per heavy atom. The average Bonchev–Trinajstić information content (AvgIpc) is 3.01. The van der Waals surface area contributed by atoms with E-state index >= 15 is 0 Å². The minimum Gasteiger partial charge on any atom is -0.467 e. The second-order valence-electron chi connectivity index (χ2n) is 4.27. The van der Waals surface area contributed by atoms with Gasteiger partial charge >= 0.3 is 6.01 Å². The molecule has 3 heterocycles. The molecule has 0 aliphatic carbocycles. The fourth-order valence-electron chi connectivity index (χ4n) is 2.06. The molecule has 20 heavy (non-hydrogen) atoms. The van der Waals surface area contributed by atoms with Gasteiger partial charge < -0.3 is 20.3 Å². The Hall–Kier alpha value is -2.16. The molecule has 0 aromatic carbocycles. The molecule has 1 aliphatic heterocycles. The van der Waals surface area contributed by atoms with Crippen molar-refractivity contribution >= 4 is 28.4 Å². The van der Waals surface area contributed by atoms with E-state index in [2.05, 4.69) is 29.7 Å². The van der Waals surface area contributed by atoms with Crippen molar-refractivity contribution in [2.24, 2.45) is 0 Å². The first-order valence-electron chi connectivity index (χ1n) is 6.21. The molecule has 106 valence electrons. The SMILES string of the molecule is COc1nc(N)nc(N2CCN(c3nccs3)CC2)n1. The van der Waals surface area contributed by atoms with Crippen LogP contribution in [0.3, 0.4) is 0 Å². The zero-order valence-corrected chi connectivity index (χ0v) is 11.9. The van der Waals surface area contributed by atoms with E-state index in [0.29, 0.717) is 5.95 Å². The molecule has 2 aromatic rings. The molecule has 0 bridgehead atoms. The molecule has 1 fully saturated rings. The molecule has 0 atom stereocenters. The molecule has 1 aliphatic rings. The third-order valence-electron chi connectivity index (χ3n) is 3.06. The predicted octanol–water partition coefficient (Wildman–Crippen LogP) is 0.245. The fourth-order valence-corrected chi connectivity index (χ4v) is 2.76. The van der Waals surface area contributed by atoms with Crippen molar-refractivity contribution in [2.75, 3.05) is 48.8 Å². The predicted molar refractivity (Wildman–Crippen MR) is 77.3 cm³/mol. The number of anilines is 3. The molecule has 1 saturated heterocycles. The molecular formula is C11H15N7OS. The molecule has 9 heteroatoms. The van der Waals surface area contributed by atoms with Gasteiger partial charge in [-0.2, -0.15) is 15.0 Å². The minimum absolute atomic E-state index is 0.175. The first-order valence-corrected chi connectivity index (χ1v) is 7.09. The van der Waals surface area contributed by atoms with Gasteiger partial charge in [-0.15, -0.1) is 11.3 Å². The molecule has 2 N–H and O–H groups in total. The van der Waals surface area contributed by atoms with E-state index in [1.54, 1.807) is 11.3 Å². The molecular weight excluding hydrogens is 278 g/mol. The maximum atomic E-state index is 5.66. The van der Waals surface area contributed by atoms with Crippen molar-refractivity contribution in [1.82, 2.24) is 19.9 Å². The summed E-state index contributed by atoms with van der Waals surface area (Å²) in [6.07, 6.45) is 1.82. The molecule has 2 aromatic heterocycles. The summed E-state index contributed by atoms with van der Waals surface area (Å²) in [4.78, 5) is 20.9. The van der Waals surface area contributed by atoms with Gasteiger partial charge in [0.1, 0.15) is 0 Å². The highest BCUT2D eigenvalue weighted by Gasteiger charge is 2.21. The highest BCUT2D eigenvalue weighted by atomic mass is 32.1. The van der Waals surface area contributed by atoms with Crippen LogP contribution in [-0.2, 0) is 0 Å². The summed E-state index contributed by atoms with van der Waals surface area (Å²) in [7, 11) is 1.51. The summed E-state index contributed by atoms with van der Waals surface area (Å²) in [6.45, 7) is 3.38. The number of nitrogen functional groups attached to an aromatic ring is 1. The Kier molecular flexibility index (Phi) is 3.50. The van der Waals surface area contributed by atoms with Crippen LogP contribution in [0.25, 0.3) is 0 Å². The first-order chi connectivity index (χ1) is 9.76. The van der Waals surface area contributed by atoms with Crippen molar-refractivity contribution in [1.29, 1.82) is 0 Å². The zero-order valence-electron chi connectivity index (χ0n) is 11.1. The third-order valence-corrected chi connectivity index (χ3v) is 3.89. The summed E-state index contributed by atoms with van der Waals surface area (Å²) in [5.41, 5.74) is 5.66. The molecule has 0 spiro atoms. The zero-order chi connectivity index (χ0) is 13.9. The lowest BCUT2D eigenvalue weighted by Crippen LogP contribution is -2.47. The summed E-state index contributed by atoms with van der Waals surface area (Å²) in [5.74, 6) is 0.738. The van der Waals surface area contributed by atoms with Crippen LogP contribution in [0.4, 0.5) is 17.0 Å². The third kappa shape index (κ3) is 2.57. The number of hydrogen-bond donors (Lipinski definition) is 1. The van der Waals surface area contributed by atoms with Crippen LogP contribution in [0, 0.1) is 0 Å². The Bertz CT molecular complexity index is 568. The minimum atomic E-state index is 0.175. The van der Waals surface area contributed by atoms with Crippen LogP contribution < -0.4 is 20.3 Å². The van der Waals surface area contributed by atoms with Gasteiger partial charge in [-0.25, -0.2) is 4.98 Å². The van der Waals surface area contributed by atoms with Gasteiger partial charge in [0.05, 0.1) is 7.11 Å². The topological polar surface area (TPSA) is 93.3 Å². The van der Waals surface area contributed by atoms with Crippen molar-refractivity contribution in [3.8, 4) is 6.01 Å². The highest BCUT2D eigenvalue weighted by Crippen LogP contribution is 2.21. The number of hydrogen-bond acceptors (Lipinski definition) is 9. The van der Waals surface area contributed by atoms with E-state index in [9.17, 15) is 0 Å². The maximum Gasteiger partial charge on any atom is 0.322 e. The molecule has 0 saturated carbocycles. The maximum absolute atomic E-state index is 5.66. The van der Waals surface area contributed by atoms with Crippen LogP contribution in [-0.4, -0.2) is 53.2 Å². The van der Waals surface area contributed by atoms with Gasteiger partial charge in [0.2, 0.25) is 11.9 Å². The molecule has 3 rings (SSSR count). The Labute approximate surface area is 120 Å². The number of aromatic nitrogens is 4. The number of ether oxygens (including phenoxy) is 1. The van der Waals surface area contributed by atoms with Crippen molar-refractivity contribution in [3.63, 3.8) is 0 Å². The van der Waals surface area contributed by atoms with E-state index in [1.165, 1.54) is 7.11 Å². The number of nitrogens with two attached hydrogens (primary N) is 1. The van der Waals surface area contributed by atoms with Gasteiger partial charge in [-0.05, 0) is 0 Å². The molecule has 0 radical (unpaired) electrons. The first kappa shape index (κ1) is 12.9. The monoisotopic (exact) mass is 293 g/mol. The number of rotatable bonds is 3. The molecule has 0 unspecified atom stereocenters. The number of methoxy groups -OCH3 is 1. The molecule has 8 nitrogen and oxygen atoms in total. The van der Waals surface area contributed by atoms with E-state index in [-0.39, 0.29) is 12.0 Å². The van der Waals surface area contributed by atoms with E-state index in [1.807, 2.05) is 11.6 Å². The van der Waals surface area contributed by atoms with Crippen LogP contribution in [0.1, 0.15) is 0 Å². The van der Waals surface area contributed by atoms with E-state index < -0.39 is 0 Å². The van der Waals surface area contributed by atoms with Crippen LogP contribution >= 0.6 is 11.3 Å². The quantitative estimate of drug-likeness (QED) is 0.860. The molecule has 0 amide bonds. The highest BCUT2D eigenvalue weighted by molar-refractivity contribution is 7.13. The van der Waals surface area contributed by atoms with Crippen LogP contribution in [0.2, 0.25) is 0 Å². The summed E-state index contributed by atoms with van der Waals surface area (Å²) in [5, 5.41) is 3.04. The number of nitrogens with zero attached hydrogens (tertiary/aromatic N) is 6. The number of piperazine rings is 1. The summed E-state index contributed by atoms with van der Waals surface area (Å²) in [6, 6.07) is 0.245. The van der Waals surface area contributed by atoms with Gasteiger partial charge in [0.15, 0.2) is 5.13 Å². The summed E-state index contributed by atoms with van der Waals surface area (Å²) < 4.78 is 5.02. The van der Waals surface area contributed by atoms with E-state index in [0.717, 1.165) is 31.3 Å². The Morgan fingerprint density at radius 2 is 1.90 bits per heavy atom. The smallest absolute Gasteiger partial charge is 0.322 e. The fraction of sp³-hybridized carbons (Fsp3) is 0.455. The van der Waals surface area contributed by atoms with Crippen molar-refractivity contribution in [2.45, 2.75) is 0 Å². The summed E-state index contributed by atoms with van der Waals surface area (Å²) >= 11 is 1.65. The Balaban J connectivity index is 1.70. The normalized spacial score (nSPS) is 15.4. The lowest BCUT2D eigenvalue weighted by atomic mass is 10.3. The van der Waals surface area contributed by atoms with Crippen molar-refractivity contribution < 1.29 is 4.74 Å². The van der Waals surface area contributed by atoms with Gasteiger partial charge in [0.25, 0.3) is 0 Å². The van der Waals surface area contributed by atoms with Crippen LogP contribution in [0.15, 0.2) is 11.6 Å². The average molecular weight is 293 g/mol. The van der Waals surface area contributed by atoms with Gasteiger partial charge in [0, 0.05) is 37.8 Å². The largest absolute Gasteiger partial charge is 0.467 e. The number of thiazole rings is 1. The standard InChI is InChI=1S/C11H15N7OS/c1-19-10-15-8(12)14-9(16-10)17-3-5-18(6-4-17)11-13-2-7-20-11/h2,7H,3-6H2,1H3,(H2,12,14,15,16). The second kappa shape index (κ2) is 5.45. The van der Waals surface area contributed by atoms with E-state index in [4.69, 9.17) is 10.5 Å². The van der Waals surface area contributed by atoms with Gasteiger partial charge in [-0.1, -0.05) is 0 Å². The Morgan fingerprint density at radius 1 is 1.15 bits per heavy atom.